The molecule has 150 valence electrons. The fraction of sp³-hybridized carbons (Fsp3) is 0.571. The minimum absolute atomic E-state index is 0.306. The summed E-state index contributed by atoms with van der Waals surface area (Å²) in [5.41, 5.74) is -4.62. The predicted molar refractivity (Wildman–Crippen MR) is 102 cm³/mol. The van der Waals surface area contributed by atoms with Crippen molar-refractivity contribution in [2.75, 3.05) is 0 Å². The van der Waals surface area contributed by atoms with Gasteiger partial charge in [-0.1, -0.05) is 37.1 Å². The van der Waals surface area contributed by atoms with Crippen LogP contribution in [0.1, 0.15) is 60.8 Å². The Kier molecular flexibility index (Phi) is 7.08. The van der Waals surface area contributed by atoms with Crippen molar-refractivity contribution in [3.8, 4) is 0 Å². The van der Waals surface area contributed by atoms with E-state index in [4.69, 9.17) is 0 Å². The van der Waals surface area contributed by atoms with Crippen molar-refractivity contribution < 1.29 is 29.7 Å². The summed E-state index contributed by atoms with van der Waals surface area (Å²) in [5.74, 6) is -4.42. The number of rotatable bonds is 8. The third-order valence-electron chi connectivity index (χ3n) is 4.99. The third-order valence-corrected chi connectivity index (χ3v) is 4.99. The molecule has 0 aromatic carbocycles. The number of ketones is 3. The van der Waals surface area contributed by atoms with Crippen LogP contribution in [-0.2, 0) is 14.4 Å². The lowest BCUT2D eigenvalue weighted by Crippen LogP contribution is -2.61. The van der Waals surface area contributed by atoms with Gasteiger partial charge in [-0.25, -0.2) is 0 Å². The maximum Gasteiger partial charge on any atom is 0.223 e. The fourth-order valence-electron chi connectivity index (χ4n) is 2.91. The highest BCUT2D eigenvalue weighted by Crippen LogP contribution is 2.45. The van der Waals surface area contributed by atoms with E-state index >= 15 is 0 Å². The van der Waals surface area contributed by atoms with Gasteiger partial charge in [0.15, 0.2) is 17.2 Å². The monoisotopic (exact) mass is 378 g/mol. The van der Waals surface area contributed by atoms with E-state index in [9.17, 15) is 29.7 Å². The van der Waals surface area contributed by atoms with Gasteiger partial charge in [0.2, 0.25) is 11.4 Å². The minimum Gasteiger partial charge on any atom is -0.508 e. The maximum absolute atomic E-state index is 12.9. The maximum atomic E-state index is 12.9. The molecule has 0 bridgehead atoms. The van der Waals surface area contributed by atoms with E-state index < -0.39 is 45.8 Å². The first-order chi connectivity index (χ1) is 12.3. The van der Waals surface area contributed by atoms with Crippen molar-refractivity contribution in [1.29, 1.82) is 0 Å². The quantitative estimate of drug-likeness (QED) is 0.340. The molecule has 1 rings (SSSR count). The third kappa shape index (κ3) is 3.96. The second kappa shape index (κ2) is 8.31. The molecule has 2 unspecified atom stereocenters. The lowest BCUT2D eigenvalue weighted by atomic mass is 9.76. The van der Waals surface area contributed by atoms with Crippen LogP contribution in [-0.4, -0.2) is 43.9 Å². The topological polar surface area (TPSA) is 112 Å². The summed E-state index contributed by atoms with van der Waals surface area (Å²) < 4.78 is 0. The molecule has 0 radical (unpaired) electrons. The van der Waals surface area contributed by atoms with Crippen LogP contribution in [0.2, 0.25) is 0 Å². The number of Topliss-reactive ketones (excluding diaryl/α,β-unsaturated/α-hetero) is 3. The Morgan fingerprint density at radius 1 is 1.07 bits per heavy atom. The van der Waals surface area contributed by atoms with E-state index in [2.05, 4.69) is 0 Å². The highest BCUT2D eigenvalue weighted by atomic mass is 16.4. The first-order valence-electron chi connectivity index (χ1n) is 9.12. The molecule has 0 saturated heterocycles. The molecule has 1 aliphatic carbocycles. The molecule has 6 heteroatoms. The molecule has 0 amide bonds. The molecule has 6 nitrogen and oxygen atoms in total. The lowest BCUT2D eigenvalue weighted by Gasteiger charge is -2.35. The zero-order valence-corrected chi connectivity index (χ0v) is 16.9. The van der Waals surface area contributed by atoms with Gasteiger partial charge >= 0.3 is 0 Å². The van der Waals surface area contributed by atoms with E-state index in [0.29, 0.717) is 6.42 Å². The fourth-order valence-corrected chi connectivity index (χ4v) is 2.91. The number of hydrogen-bond acceptors (Lipinski definition) is 6. The smallest absolute Gasteiger partial charge is 0.223 e. The van der Waals surface area contributed by atoms with Crippen LogP contribution in [0.15, 0.2) is 34.6 Å². The van der Waals surface area contributed by atoms with Gasteiger partial charge in [-0.15, -0.1) is 0 Å². The van der Waals surface area contributed by atoms with Gasteiger partial charge in [-0.2, -0.15) is 0 Å². The number of allylic oxidation sites excluding steroid dienone is 3. The van der Waals surface area contributed by atoms with Crippen LogP contribution >= 0.6 is 0 Å². The van der Waals surface area contributed by atoms with Crippen molar-refractivity contribution in [2.24, 2.45) is 5.92 Å². The van der Waals surface area contributed by atoms with Crippen LogP contribution in [0.5, 0.6) is 0 Å². The van der Waals surface area contributed by atoms with Gasteiger partial charge in [-0.05, 0) is 34.1 Å². The van der Waals surface area contributed by atoms with Crippen molar-refractivity contribution in [2.45, 2.75) is 72.0 Å². The molecule has 0 spiro atoms. The van der Waals surface area contributed by atoms with Crippen molar-refractivity contribution in [3.05, 3.63) is 34.6 Å². The van der Waals surface area contributed by atoms with Crippen LogP contribution in [0, 0.1) is 5.92 Å². The second-order valence-corrected chi connectivity index (χ2v) is 7.69. The van der Waals surface area contributed by atoms with Gasteiger partial charge < -0.3 is 15.3 Å². The Morgan fingerprint density at radius 2 is 1.59 bits per heavy atom. The summed E-state index contributed by atoms with van der Waals surface area (Å²) in [4.78, 5) is 38.3. The van der Waals surface area contributed by atoms with Crippen LogP contribution < -0.4 is 0 Å². The summed E-state index contributed by atoms with van der Waals surface area (Å²) in [6, 6.07) is 0. The Hall–Kier alpha value is -2.05. The molecular weight excluding hydrogens is 348 g/mol. The molecule has 27 heavy (non-hydrogen) atoms. The average Bonchev–Trinajstić information content (AvgIpc) is 2.75. The average molecular weight is 378 g/mol. The van der Waals surface area contributed by atoms with E-state index in [1.165, 1.54) is 12.2 Å². The Balaban J connectivity index is 3.60. The minimum atomic E-state index is -2.91. The number of carbonyl (C=O) groups is 3. The van der Waals surface area contributed by atoms with Crippen molar-refractivity contribution in [3.63, 3.8) is 0 Å². The second-order valence-electron chi connectivity index (χ2n) is 7.69. The zero-order valence-electron chi connectivity index (χ0n) is 16.9. The van der Waals surface area contributed by atoms with E-state index in [1.807, 2.05) is 0 Å². The molecule has 0 heterocycles. The molecular formula is C21H30O6. The SMILES string of the molecule is CCC(C)C(=O)C1=C(O)C(O)(CC=C(C)C)[C@@](O)(C(=O)CC=C(C)C)C1=O. The first-order valence-corrected chi connectivity index (χ1v) is 9.12. The molecule has 0 fully saturated rings. The van der Waals surface area contributed by atoms with E-state index in [0.717, 1.165) is 11.1 Å². The number of aliphatic hydroxyl groups excluding tert-OH is 1. The van der Waals surface area contributed by atoms with Gasteiger partial charge in [-0.3, -0.25) is 14.4 Å². The number of hydrogen-bond donors (Lipinski definition) is 3. The highest BCUT2D eigenvalue weighted by molar-refractivity contribution is 6.33. The molecule has 0 aromatic heterocycles. The lowest BCUT2D eigenvalue weighted by molar-refractivity contribution is -0.171. The van der Waals surface area contributed by atoms with Crippen molar-refractivity contribution >= 4 is 17.3 Å². The molecule has 0 saturated carbocycles. The Morgan fingerprint density at radius 3 is 2.04 bits per heavy atom. The zero-order chi connectivity index (χ0) is 21.2. The molecule has 0 aliphatic heterocycles. The molecule has 3 atom stereocenters. The summed E-state index contributed by atoms with van der Waals surface area (Å²) in [7, 11) is 0. The van der Waals surface area contributed by atoms with E-state index in [-0.39, 0.29) is 12.8 Å². The molecule has 0 aromatic rings. The Labute approximate surface area is 160 Å². The molecule has 1 aliphatic rings. The van der Waals surface area contributed by atoms with Crippen LogP contribution in [0.4, 0.5) is 0 Å². The van der Waals surface area contributed by atoms with Gasteiger partial charge in [0.1, 0.15) is 11.3 Å². The van der Waals surface area contributed by atoms with Gasteiger partial charge in [0.25, 0.3) is 0 Å². The van der Waals surface area contributed by atoms with Crippen molar-refractivity contribution in [1.82, 2.24) is 0 Å². The summed E-state index contributed by atoms with van der Waals surface area (Å²) in [6.45, 7) is 10.3. The predicted octanol–water partition coefficient (Wildman–Crippen LogP) is 2.74. The van der Waals surface area contributed by atoms with Crippen LogP contribution in [0.25, 0.3) is 0 Å². The number of aliphatic hydroxyl groups is 3. The van der Waals surface area contributed by atoms with Gasteiger partial charge in [0, 0.05) is 18.8 Å². The van der Waals surface area contributed by atoms with Gasteiger partial charge in [0.05, 0.1) is 0 Å². The Bertz CT molecular complexity index is 734. The number of carbonyl (C=O) groups excluding carboxylic acids is 3. The summed E-state index contributed by atoms with van der Waals surface area (Å²) in [6.07, 6.45) is 2.74. The molecule has 3 N–H and O–H groups in total. The summed E-state index contributed by atoms with van der Waals surface area (Å²) >= 11 is 0. The largest absolute Gasteiger partial charge is 0.508 e. The summed E-state index contributed by atoms with van der Waals surface area (Å²) in [5, 5.41) is 32.7. The van der Waals surface area contributed by atoms with Crippen LogP contribution in [0.3, 0.4) is 0 Å². The highest BCUT2D eigenvalue weighted by Gasteiger charge is 2.68. The standard InChI is InChI=1S/C21H30O6/c1-7-14(6)17(23)16-18(24)20(26,11-10-13(4)5)21(27,19(16)25)15(22)9-8-12(2)3/h8,10,14,24,26-27H,7,9,11H2,1-6H3/t14?,20?,21-/m1/s1. The normalized spacial score (nSPS) is 26.0. The first kappa shape index (κ1) is 23.0. The van der Waals surface area contributed by atoms with E-state index in [1.54, 1.807) is 41.5 Å².